The highest BCUT2D eigenvalue weighted by atomic mass is 32.1. The number of carboxylic acid groups (broad SMARTS) is 1. The molecule has 0 saturated carbocycles. The molecular formula is C16H18N2O3S. The Kier molecular flexibility index (Phi) is 5.66. The first kappa shape index (κ1) is 16.2. The Morgan fingerprint density at radius 3 is 2.59 bits per heavy atom. The fourth-order valence-electron chi connectivity index (χ4n) is 2.06. The van der Waals surface area contributed by atoms with Crippen molar-refractivity contribution >= 4 is 28.3 Å². The van der Waals surface area contributed by atoms with Gasteiger partial charge >= 0.3 is 5.97 Å². The fraction of sp³-hybridized carbons (Fsp3) is 0.312. The lowest BCUT2D eigenvalue weighted by Gasteiger charge is -2.00. The Bertz CT molecular complexity index is 653. The van der Waals surface area contributed by atoms with E-state index in [1.165, 1.54) is 0 Å². The van der Waals surface area contributed by atoms with Gasteiger partial charge in [0.05, 0.1) is 5.69 Å². The highest BCUT2D eigenvalue weighted by molar-refractivity contribution is 7.17. The Labute approximate surface area is 133 Å². The van der Waals surface area contributed by atoms with Crippen LogP contribution in [0, 0.1) is 0 Å². The molecule has 1 aromatic heterocycles. The van der Waals surface area contributed by atoms with E-state index in [2.05, 4.69) is 10.3 Å². The average molecular weight is 318 g/mol. The molecule has 0 unspecified atom stereocenters. The molecule has 116 valence electrons. The number of aryl methyl sites for hydroxylation is 2. The van der Waals surface area contributed by atoms with Crippen LogP contribution >= 0.6 is 11.3 Å². The smallest absolute Gasteiger partial charge is 0.347 e. The van der Waals surface area contributed by atoms with Crippen LogP contribution in [0.2, 0.25) is 0 Å². The van der Waals surface area contributed by atoms with Gasteiger partial charge in [0.15, 0.2) is 5.13 Å². The van der Waals surface area contributed by atoms with Crippen molar-refractivity contribution in [2.75, 3.05) is 5.32 Å². The number of hydrogen-bond donors (Lipinski definition) is 2. The van der Waals surface area contributed by atoms with Crippen LogP contribution in [0.25, 0.3) is 0 Å². The van der Waals surface area contributed by atoms with Crippen LogP contribution in [0.3, 0.4) is 0 Å². The van der Waals surface area contributed by atoms with E-state index in [1.54, 1.807) is 0 Å². The summed E-state index contributed by atoms with van der Waals surface area (Å²) < 4.78 is 0. The van der Waals surface area contributed by atoms with E-state index in [-0.39, 0.29) is 10.8 Å². The molecule has 0 saturated heterocycles. The van der Waals surface area contributed by atoms with Gasteiger partial charge in [-0.25, -0.2) is 9.78 Å². The molecule has 1 aromatic carbocycles. The molecule has 1 heterocycles. The van der Waals surface area contributed by atoms with Crippen molar-refractivity contribution in [1.82, 2.24) is 4.98 Å². The number of carbonyl (C=O) groups excluding carboxylic acids is 1. The molecule has 6 heteroatoms. The number of nitrogens with one attached hydrogen (secondary N) is 1. The number of amides is 1. The first-order valence-corrected chi connectivity index (χ1v) is 7.98. The van der Waals surface area contributed by atoms with Gasteiger partial charge in [0, 0.05) is 6.42 Å². The number of thiazole rings is 1. The number of anilines is 1. The summed E-state index contributed by atoms with van der Waals surface area (Å²) in [6.07, 6.45) is 2.39. The molecule has 2 rings (SSSR count). The van der Waals surface area contributed by atoms with Crippen molar-refractivity contribution in [1.29, 1.82) is 0 Å². The first-order chi connectivity index (χ1) is 10.6. The number of aromatic nitrogens is 1. The van der Waals surface area contributed by atoms with Gasteiger partial charge in [0.25, 0.3) is 0 Å². The van der Waals surface area contributed by atoms with Gasteiger partial charge in [-0.15, -0.1) is 0 Å². The van der Waals surface area contributed by atoms with E-state index in [4.69, 9.17) is 0 Å². The molecular weight excluding hydrogens is 300 g/mol. The third-order valence-electron chi connectivity index (χ3n) is 3.11. The van der Waals surface area contributed by atoms with Gasteiger partial charge < -0.3 is 10.4 Å². The van der Waals surface area contributed by atoms with Crippen LogP contribution in [0.15, 0.2) is 30.3 Å². The second kappa shape index (κ2) is 7.70. The van der Waals surface area contributed by atoms with Crippen molar-refractivity contribution in [3.05, 3.63) is 46.5 Å². The Morgan fingerprint density at radius 1 is 1.23 bits per heavy atom. The molecule has 5 nitrogen and oxygen atoms in total. The number of nitrogens with zero attached hydrogens (tertiary/aromatic N) is 1. The predicted molar refractivity (Wildman–Crippen MR) is 86.5 cm³/mol. The topological polar surface area (TPSA) is 79.3 Å². The summed E-state index contributed by atoms with van der Waals surface area (Å²) in [4.78, 5) is 27.4. The summed E-state index contributed by atoms with van der Waals surface area (Å²) in [5, 5.41) is 12.3. The normalized spacial score (nSPS) is 10.4. The summed E-state index contributed by atoms with van der Waals surface area (Å²) in [6.45, 7) is 1.91. The monoisotopic (exact) mass is 318 g/mol. The Balaban J connectivity index is 2.10. The van der Waals surface area contributed by atoms with Crippen LogP contribution in [0.1, 0.15) is 40.7 Å². The van der Waals surface area contributed by atoms with Crippen LogP contribution in [0.4, 0.5) is 5.13 Å². The standard InChI is InChI=1S/C16H18N2O3S/c1-2-6-13(19)18-16-17-12(14(22-16)15(20)21)10-9-11-7-4-3-5-8-11/h3-5,7-8H,2,6,9-10H2,1H3,(H,20,21)(H,17,18,19). The van der Waals surface area contributed by atoms with E-state index in [0.717, 1.165) is 23.3 Å². The number of carboxylic acids is 1. The second-order valence-electron chi connectivity index (χ2n) is 4.88. The SMILES string of the molecule is CCCC(=O)Nc1nc(CCc2ccccc2)c(C(=O)O)s1. The molecule has 0 bridgehead atoms. The number of hydrogen-bond acceptors (Lipinski definition) is 4. The van der Waals surface area contributed by atoms with E-state index in [1.807, 2.05) is 37.3 Å². The van der Waals surface area contributed by atoms with Gasteiger partial charge in [-0.05, 0) is 24.8 Å². The second-order valence-corrected chi connectivity index (χ2v) is 5.88. The lowest BCUT2D eigenvalue weighted by molar-refractivity contribution is -0.116. The Hall–Kier alpha value is -2.21. The minimum atomic E-state index is -1.00. The Morgan fingerprint density at radius 2 is 1.95 bits per heavy atom. The van der Waals surface area contributed by atoms with Crippen molar-refractivity contribution in [2.45, 2.75) is 32.6 Å². The molecule has 0 aliphatic heterocycles. The minimum absolute atomic E-state index is 0.136. The summed E-state index contributed by atoms with van der Waals surface area (Å²) in [5.74, 6) is -1.14. The summed E-state index contributed by atoms with van der Waals surface area (Å²) in [6, 6.07) is 9.83. The first-order valence-electron chi connectivity index (χ1n) is 7.17. The van der Waals surface area contributed by atoms with Gasteiger partial charge in [0.2, 0.25) is 5.91 Å². The molecule has 0 aliphatic carbocycles. The summed E-state index contributed by atoms with van der Waals surface area (Å²) >= 11 is 1.01. The number of carbonyl (C=O) groups is 2. The van der Waals surface area contributed by atoms with Crippen LogP contribution in [0.5, 0.6) is 0 Å². The highest BCUT2D eigenvalue weighted by Crippen LogP contribution is 2.24. The summed E-state index contributed by atoms with van der Waals surface area (Å²) in [7, 11) is 0. The zero-order valence-electron chi connectivity index (χ0n) is 12.3. The van der Waals surface area contributed by atoms with Crippen LogP contribution in [-0.2, 0) is 17.6 Å². The van der Waals surface area contributed by atoms with Crippen molar-refractivity contribution in [3.63, 3.8) is 0 Å². The maximum absolute atomic E-state index is 11.6. The third kappa shape index (κ3) is 4.39. The number of rotatable bonds is 7. The van der Waals surface area contributed by atoms with Crippen molar-refractivity contribution in [2.24, 2.45) is 0 Å². The van der Waals surface area contributed by atoms with Gasteiger partial charge in [-0.3, -0.25) is 4.79 Å². The molecule has 0 fully saturated rings. The van der Waals surface area contributed by atoms with Crippen LogP contribution < -0.4 is 5.32 Å². The predicted octanol–water partition coefficient (Wildman–Crippen LogP) is 3.37. The molecule has 2 aromatic rings. The molecule has 22 heavy (non-hydrogen) atoms. The maximum atomic E-state index is 11.6. The fourth-order valence-corrected chi connectivity index (χ4v) is 2.92. The zero-order valence-corrected chi connectivity index (χ0v) is 13.2. The van der Waals surface area contributed by atoms with Crippen molar-refractivity contribution in [3.8, 4) is 0 Å². The lowest BCUT2D eigenvalue weighted by atomic mass is 10.1. The highest BCUT2D eigenvalue weighted by Gasteiger charge is 2.18. The molecule has 1 amide bonds. The van der Waals surface area contributed by atoms with E-state index in [9.17, 15) is 14.7 Å². The van der Waals surface area contributed by atoms with Gasteiger partial charge in [0.1, 0.15) is 4.88 Å². The van der Waals surface area contributed by atoms with Gasteiger partial charge in [-0.2, -0.15) is 0 Å². The van der Waals surface area contributed by atoms with E-state index in [0.29, 0.717) is 30.1 Å². The molecule has 0 aliphatic rings. The summed E-state index contributed by atoms with van der Waals surface area (Å²) in [5.41, 5.74) is 1.65. The molecule has 0 atom stereocenters. The largest absolute Gasteiger partial charge is 0.477 e. The molecule has 0 radical (unpaired) electrons. The average Bonchev–Trinajstić information content (AvgIpc) is 2.89. The number of benzene rings is 1. The maximum Gasteiger partial charge on any atom is 0.347 e. The molecule has 0 spiro atoms. The van der Waals surface area contributed by atoms with E-state index < -0.39 is 5.97 Å². The quantitative estimate of drug-likeness (QED) is 0.820. The number of aromatic carboxylic acids is 1. The zero-order chi connectivity index (χ0) is 15.9. The minimum Gasteiger partial charge on any atom is -0.477 e. The lowest BCUT2D eigenvalue weighted by Crippen LogP contribution is -2.10. The molecule has 2 N–H and O–H groups in total. The van der Waals surface area contributed by atoms with Crippen molar-refractivity contribution < 1.29 is 14.7 Å². The van der Waals surface area contributed by atoms with Gasteiger partial charge in [-0.1, -0.05) is 48.6 Å². The van der Waals surface area contributed by atoms with E-state index >= 15 is 0 Å². The third-order valence-corrected chi connectivity index (χ3v) is 4.11. The van der Waals surface area contributed by atoms with Crippen LogP contribution in [-0.4, -0.2) is 22.0 Å².